The number of rotatable bonds is 3. The molecular weight excluding hydrogens is 308 g/mol. The molecule has 2 aliphatic heterocycles. The maximum absolute atomic E-state index is 12.6. The molecule has 3 rings (SSSR count). The van der Waals surface area contributed by atoms with Crippen molar-refractivity contribution in [2.45, 2.75) is 24.4 Å². The van der Waals surface area contributed by atoms with Crippen LogP contribution in [0.5, 0.6) is 0 Å². The van der Waals surface area contributed by atoms with Gasteiger partial charge in [-0.25, -0.2) is 0 Å². The lowest BCUT2D eigenvalue weighted by Gasteiger charge is -2.41. The number of aliphatic imine (C=N–C) groups is 1. The van der Waals surface area contributed by atoms with Crippen LogP contribution in [0.3, 0.4) is 0 Å². The van der Waals surface area contributed by atoms with E-state index < -0.39 is 11.0 Å². The highest BCUT2D eigenvalue weighted by Crippen LogP contribution is 2.25. The lowest BCUT2D eigenvalue weighted by molar-refractivity contribution is -0.941. The second-order valence-corrected chi connectivity index (χ2v) is 6.93. The summed E-state index contributed by atoms with van der Waals surface area (Å²) in [5, 5.41) is 11.8. The summed E-state index contributed by atoms with van der Waals surface area (Å²) in [7, 11) is 0. The van der Waals surface area contributed by atoms with Crippen LogP contribution in [0.4, 0.5) is 0 Å². The van der Waals surface area contributed by atoms with Gasteiger partial charge in [0.2, 0.25) is 0 Å². The smallest absolute Gasteiger partial charge is 0.284 e. The number of thioether (sulfide) groups is 1. The van der Waals surface area contributed by atoms with Gasteiger partial charge in [0.15, 0.2) is 5.92 Å². The average molecular weight is 329 g/mol. The van der Waals surface area contributed by atoms with Crippen molar-refractivity contribution >= 4 is 23.4 Å². The van der Waals surface area contributed by atoms with E-state index in [2.05, 4.69) is 11.4 Å². The topological polar surface area (TPSA) is 69.7 Å². The average Bonchev–Trinajstić information content (AvgIpc) is 2.62. The van der Waals surface area contributed by atoms with Crippen LogP contribution in [0.1, 0.15) is 24.8 Å². The molecule has 5 nitrogen and oxygen atoms in total. The Kier molecular flexibility index (Phi) is 4.69. The van der Waals surface area contributed by atoms with E-state index in [4.69, 9.17) is 4.99 Å². The van der Waals surface area contributed by atoms with Gasteiger partial charge in [-0.2, -0.15) is 10.3 Å². The van der Waals surface area contributed by atoms with Gasteiger partial charge in [0.05, 0.1) is 24.9 Å². The fourth-order valence-electron chi connectivity index (χ4n) is 3.31. The van der Waals surface area contributed by atoms with Crippen LogP contribution in [-0.4, -0.2) is 36.1 Å². The van der Waals surface area contributed by atoms with E-state index in [1.54, 1.807) is 11.8 Å². The van der Waals surface area contributed by atoms with Gasteiger partial charge in [-0.15, -0.1) is 0 Å². The summed E-state index contributed by atoms with van der Waals surface area (Å²) >= 11 is 1.55. The fourth-order valence-corrected chi connectivity index (χ4v) is 4.20. The Morgan fingerprint density at radius 1 is 1.30 bits per heavy atom. The predicted octanol–water partition coefficient (Wildman–Crippen LogP) is 0.788. The first-order valence-corrected chi connectivity index (χ1v) is 9.20. The van der Waals surface area contributed by atoms with Crippen LogP contribution in [0, 0.1) is 17.2 Å². The third-order valence-electron chi connectivity index (χ3n) is 4.54. The molecule has 1 fully saturated rings. The first-order valence-electron chi connectivity index (χ1n) is 7.97. The van der Waals surface area contributed by atoms with E-state index in [0.29, 0.717) is 5.71 Å². The fraction of sp³-hybridized carbons (Fsp3) is 0.471. The summed E-state index contributed by atoms with van der Waals surface area (Å²) in [5.41, 5.74) is 1.44. The van der Waals surface area contributed by atoms with Crippen molar-refractivity contribution in [3.05, 3.63) is 35.9 Å². The zero-order valence-corrected chi connectivity index (χ0v) is 14.0. The molecule has 0 bridgehead atoms. The van der Waals surface area contributed by atoms with Gasteiger partial charge in [0.25, 0.3) is 5.91 Å². The van der Waals surface area contributed by atoms with Crippen molar-refractivity contribution in [1.82, 2.24) is 5.32 Å². The van der Waals surface area contributed by atoms with Crippen molar-refractivity contribution in [2.24, 2.45) is 10.9 Å². The van der Waals surface area contributed by atoms with Crippen molar-refractivity contribution < 1.29 is 9.69 Å². The molecule has 1 aromatic carbocycles. The zero-order chi connectivity index (χ0) is 16.3. The lowest BCUT2D eigenvalue weighted by atomic mass is 9.95. The first kappa shape index (κ1) is 16.0. The molecule has 6 heteroatoms. The molecule has 120 valence electrons. The molecule has 1 saturated heterocycles. The SMILES string of the molecule is CS[C@@]1([NH+]2CCCCC2)N=C(c2ccccc2)C(C#N)C(=O)N1. The Labute approximate surface area is 140 Å². The lowest BCUT2D eigenvalue weighted by Crippen LogP contribution is -3.22. The number of nitrogens with one attached hydrogen (secondary N) is 2. The van der Waals surface area contributed by atoms with Crippen LogP contribution in [0.2, 0.25) is 0 Å². The Bertz CT molecular complexity index is 648. The number of nitriles is 1. The van der Waals surface area contributed by atoms with Crippen molar-refractivity contribution in [3.8, 4) is 6.07 Å². The normalized spacial score (nSPS) is 28.6. The van der Waals surface area contributed by atoms with Crippen LogP contribution in [0.15, 0.2) is 35.3 Å². The number of hydrogen-bond acceptors (Lipinski definition) is 4. The highest BCUT2D eigenvalue weighted by atomic mass is 32.2. The molecule has 2 N–H and O–H groups in total. The third kappa shape index (κ3) is 2.99. The highest BCUT2D eigenvalue weighted by molar-refractivity contribution is 7.99. The molecule has 0 aliphatic carbocycles. The number of benzene rings is 1. The van der Waals surface area contributed by atoms with E-state index in [0.717, 1.165) is 31.5 Å². The Hall–Kier alpha value is -1.84. The van der Waals surface area contributed by atoms with Gasteiger partial charge in [-0.1, -0.05) is 30.3 Å². The quantitative estimate of drug-likeness (QED) is 0.861. The number of quaternary nitrogens is 1. The molecule has 0 saturated carbocycles. The van der Waals surface area contributed by atoms with E-state index in [1.165, 1.54) is 11.3 Å². The van der Waals surface area contributed by atoms with E-state index in [1.807, 2.05) is 36.6 Å². The molecular formula is C17H21N4OS+. The number of hydrogen-bond donors (Lipinski definition) is 2. The van der Waals surface area contributed by atoms with Gasteiger partial charge >= 0.3 is 5.12 Å². The highest BCUT2D eigenvalue weighted by Gasteiger charge is 2.48. The Balaban J connectivity index is 2.07. The molecule has 0 spiro atoms. The summed E-state index contributed by atoms with van der Waals surface area (Å²) in [4.78, 5) is 18.8. The summed E-state index contributed by atoms with van der Waals surface area (Å²) in [6.45, 7) is 1.98. The third-order valence-corrected chi connectivity index (χ3v) is 5.61. The van der Waals surface area contributed by atoms with Crippen LogP contribution in [0.25, 0.3) is 0 Å². The summed E-state index contributed by atoms with van der Waals surface area (Å²) < 4.78 is 0. The summed E-state index contributed by atoms with van der Waals surface area (Å²) in [5.74, 6) is -1.09. The molecule has 2 aliphatic rings. The minimum Gasteiger partial charge on any atom is -0.284 e. The minimum atomic E-state index is -0.845. The maximum Gasteiger partial charge on any atom is 0.322 e. The monoisotopic (exact) mass is 329 g/mol. The molecule has 0 radical (unpaired) electrons. The van der Waals surface area contributed by atoms with Crippen LogP contribution < -0.4 is 10.2 Å². The van der Waals surface area contributed by atoms with E-state index >= 15 is 0 Å². The molecule has 1 aromatic rings. The van der Waals surface area contributed by atoms with Gasteiger partial charge in [0.1, 0.15) is 0 Å². The second-order valence-electron chi connectivity index (χ2n) is 5.93. The number of likely N-dealkylation sites (tertiary alicyclic amines) is 1. The minimum absolute atomic E-state index is 0.242. The van der Waals surface area contributed by atoms with Crippen molar-refractivity contribution in [3.63, 3.8) is 0 Å². The summed E-state index contributed by atoms with van der Waals surface area (Å²) in [6, 6.07) is 11.7. The van der Waals surface area contributed by atoms with Gasteiger partial charge in [0, 0.05) is 0 Å². The second kappa shape index (κ2) is 6.73. The Morgan fingerprint density at radius 3 is 2.61 bits per heavy atom. The molecule has 2 atom stereocenters. The molecule has 1 amide bonds. The Morgan fingerprint density at radius 2 is 2.00 bits per heavy atom. The maximum atomic E-state index is 12.6. The van der Waals surface area contributed by atoms with Crippen LogP contribution >= 0.6 is 11.8 Å². The van der Waals surface area contributed by atoms with Crippen molar-refractivity contribution in [2.75, 3.05) is 19.3 Å². The van der Waals surface area contributed by atoms with E-state index in [-0.39, 0.29) is 5.91 Å². The zero-order valence-electron chi connectivity index (χ0n) is 13.2. The number of carbonyl (C=O) groups is 1. The number of nitrogens with zero attached hydrogens (tertiary/aromatic N) is 2. The van der Waals surface area contributed by atoms with Gasteiger partial charge in [-0.3, -0.25) is 15.0 Å². The molecule has 2 heterocycles. The van der Waals surface area contributed by atoms with Gasteiger partial charge < -0.3 is 0 Å². The van der Waals surface area contributed by atoms with Crippen LogP contribution in [-0.2, 0) is 4.79 Å². The number of amides is 1. The summed E-state index contributed by atoms with van der Waals surface area (Å²) in [6.07, 6.45) is 5.50. The number of carbonyl (C=O) groups excluding carboxylic acids is 1. The number of piperidine rings is 1. The molecule has 0 aromatic heterocycles. The van der Waals surface area contributed by atoms with Gasteiger partial charge in [-0.05, 0) is 42.8 Å². The van der Waals surface area contributed by atoms with Crippen molar-refractivity contribution in [1.29, 1.82) is 5.26 Å². The largest absolute Gasteiger partial charge is 0.322 e. The molecule has 23 heavy (non-hydrogen) atoms. The van der Waals surface area contributed by atoms with E-state index in [9.17, 15) is 10.1 Å². The first-order chi connectivity index (χ1) is 11.2. The predicted molar refractivity (Wildman–Crippen MR) is 91.0 cm³/mol. The standard InChI is InChI=1S/C17H20N4OS/c1-23-17(21-10-6-3-7-11-21)19-15(13-8-4-2-5-9-13)14(12-18)16(22)20-17/h2,4-5,8-9,14H,3,6-7,10-11H2,1H3,(H,20,22)/p+1/t14?,17-/m0/s1. The molecule has 1 unspecified atom stereocenters.